The van der Waals surface area contributed by atoms with Crippen molar-refractivity contribution in [2.75, 3.05) is 19.5 Å². The van der Waals surface area contributed by atoms with Crippen LogP contribution in [0.4, 0.5) is 0 Å². The Kier molecular flexibility index (Phi) is 4.87. The van der Waals surface area contributed by atoms with Crippen molar-refractivity contribution in [1.29, 1.82) is 0 Å². The summed E-state index contributed by atoms with van der Waals surface area (Å²) in [7, 11) is -3.23. The van der Waals surface area contributed by atoms with Crippen molar-refractivity contribution >= 4 is 15.5 Å². The summed E-state index contributed by atoms with van der Waals surface area (Å²) in [5.74, 6) is 0. The second kappa shape index (κ2) is 6.34. The summed E-state index contributed by atoms with van der Waals surface area (Å²) < 4.78 is 30.2. The molecule has 0 amide bonds. The maximum atomic E-state index is 12.2. The third-order valence-electron chi connectivity index (χ3n) is 4.04. The van der Waals surface area contributed by atoms with Gasteiger partial charge in [-0.2, -0.15) is 0 Å². The number of nitrogens with zero attached hydrogens (tertiary/aromatic N) is 2. The van der Waals surface area contributed by atoms with Crippen LogP contribution in [-0.4, -0.2) is 43.5 Å². The molecule has 0 saturated carbocycles. The van der Waals surface area contributed by atoms with Crippen molar-refractivity contribution < 1.29 is 13.2 Å². The average Bonchev–Trinajstić information content (AvgIpc) is 2.91. The molecule has 2 atom stereocenters. The predicted molar refractivity (Wildman–Crippen MR) is 86.4 cm³/mol. The third-order valence-corrected chi connectivity index (χ3v) is 5.38. The van der Waals surface area contributed by atoms with Gasteiger partial charge in [-0.15, -0.1) is 0 Å². The maximum absolute atomic E-state index is 12.2. The Balaban J connectivity index is 2.46. The number of sulfone groups is 1. The molecule has 1 saturated heterocycles. The Hall–Kier alpha value is -1.47. The molecule has 122 valence electrons. The Bertz CT molecular complexity index is 743. The molecule has 0 spiro atoms. The topological polar surface area (TPSA) is 77.7 Å². The van der Waals surface area contributed by atoms with Crippen molar-refractivity contribution in [2.24, 2.45) is 4.99 Å². The molecule has 1 aliphatic heterocycles. The van der Waals surface area contributed by atoms with Gasteiger partial charge in [0.2, 0.25) is 0 Å². The first-order valence-corrected chi connectivity index (χ1v) is 9.21. The highest BCUT2D eigenvalue weighted by Crippen LogP contribution is 2.20. The second-order valence-electron chi connectivity index (χ2n) is 5.70. The number of pyridine rings is 1. The van der Waals surface area contributed by atoms with E-state index in [9.17, 15) is 13.2 Å². The molecule has 0 aliphatic carbocycles. The van der Waals surface area contributed by atoms with Gasteiger partial charge in [-0.1, -0.05) is 0 Å². The van der Waals surface area contributed by atoms with Crippen LogP contribution in [0.25, 0.3) is 0 Å². The highest BCUT2D eigenvalue weighted by atomic mass is 32.2. The number of ether oxygens (including phenoxy) is 1. The standard InChI is InChI=1S/C15H22N2O4S/c1-10(16-12(3)22(4,19)20)14-5-6-15(18)17(11(14)2)13-7-8-21-9-13/h5-6,12-13H,7-9H2,1-4H3/b16-10-. The first-order valence-electron chi connectivity index (χ1n) is 7.25. The van der Waals surface area contributed by atoms with Crippen molar-refractivity contribution in [1.82, 2.24) is 4.57 Å². The smallest absolute Gasteiger partial charge is 0.251 e. The number of aliphatic imine (C=N–C) groups is 1. The molecule has 1 aromatic rings. The Labute approximate surface area is 130 Å². The van der Waals surface area contributed by atoms with E-state index in [1.807, 2.05) is 6.92 Å². The molecule has 2 rings (SSSR count). The van der Waals surface area contributed by atoms with Crippen LogP contribution in [0.15, 0.2) is 21.9 Å². The SMILES string of the molecule is C/C(=N/C(C)S(C)(=O)=O)c1ccc(=O)n(C2CCOC2)c1C. The van der Waals surface area contributed by atoms with Gasteiger partial charge in [0.15, 0.2) is 9.84 Å². The molecule has 22 heavy (non-hydrogen) atoms. The zero-order valence-electron chi connectivity index (χ0n) is 13.4. The molecule has 0 radical (unpaired) electrons. The largest absolute Gasteiger partial charge is 0.379 e. The molecule has 1 aromatic heterocycles. The van der Waals surface area contributed by atoms with Gasteiger partial charge in [-0.25, -0.2) is 8.42 Å². The molecule has 6 nitrogen and oxygen atoms in total. The third kappa shape index (κ3) is 3.47. The Morgan fingerprint density at radius 3 is 2.68 bits per heavy atom. The first-order chi connectivity index (χ1) is 10.2. The fourth-order valence-electron chi connectivity index (χ4n) is 2.65. The van der Waals surface area contributed by atoms with E-state index in [-0.39, 0.29) is 11.6 Å². The lowest BCUT2D eigenvalue weighted by Gasteiger charge is -2.19. The number of rotatable bonds is 4. The van der Waals surface area contributed by atoms with Crippen molar-refractivity contribution in [2.45, 2.75) is 38.6 Å². The Morgan fingerprint density at radius 2 is 2.14 bits per heavy atom. The summed E-state index contributed by atoms with van der Waals surface area (Å²) in [6.07, 6.45) is 1.97. The molecule has 0 N–H and O–H groups in total. The zero-order chi connectivity index (χ0) is 16.5. The minimum absolute atomic E-state index is 0.0348. The van der Waals surface area contributed by atoms with E-state index < -0.39 is 15.2 Å². The van der Waals surface area contributed by atoms with E-state index >= 15 is 0 Å². The molecule has 2 unspecified atom stereocenters. The van der Waals surface area contributed by atoms with E-state index in [1.165, 1.54) is 6.07 Å². The fraction of sp³-hybridized carbons (Fsp3) is 0.600. The van der Waals surface area contributed by atoms with E-state index in [2.05, 4.69) is 4.99 Å². The summed E-state index contributed by atoms with van der Waals surface area (Å²) in [6.45, 7) is 6.36. The minimum Gasteiger partial charge on any atom is -0.379 e. The minimum atomic E-state index is -3.23. The van der Waals surface area contributed by atoms with Gasteiger partial charge >= 0.3 is 0 Å². The summed E-state index contributed by atoms with van der Waals surface area (Å²) in [6, 6.07) is 3.25. The van der Waals surface area contributed by atoms with E-state index in [0.717, 1.165) is 23.9 Å². The van der Waals surface area contributed by atoms with Crippen molar-refractivity contribution in [3.63, 3.8) is 0 Å². The van der Waals surface area contributed by atoms with Gasteiger partial charge in [0.05, 0.1) is 12.6 Å². The van der Waals surface area contributed by atoms with Gasteiger partial charge < -0.3 is 9.30 Å². The fourth-order valence-corrected chi connectivity index (χ4v) is 3.00. The summed E-state index contributed by atoms with van der Waals surface area (Å²) >= 11 is 0. The van der Waals surface area contributed by atoms with Crippen LogP contribution in [-0.2, 0) is 14.6 Å². The lowest BCUT2D eigenvalue weighted by molar-refractivity contribution is 0.185. The van der Waals surface area contributed by atoms with Gasteiger partial charge in [0, 0.05) is 35.9 Å². The molecule has 2 heterocycles. The monoisotopic (exact) mass is 326 g/mol. The normalized spacial score (nSPS) is 21.1. The molecule has 7 heteroatoms. The van der Waals surface area contributed by atoms with Gasteiger partial charge in [-0.3, -0.25) is 9.79 Å². The molecular formula is C15H22N2O4S. The maximum Gasteiger partial charge on any atom is 0.251 e. The second-order valence-corrected chi connectivity index (χ2v) is 8.04. The zero-order valence-corrected chi connectivity index (χ0v) is 14.2. The molecular weight excluding hydrogens is 304 g/mol. The molecule has 0 aromatic carbocycles. The van der Waals surface area contributed by atoms with Crippen LogP contribution in [0, 0.1) is 6.92 Å². The van der Waals surface area contributed by atoms with E-state index in [4.69, 9.17) is 4.74 Å². The van der Waals surface area contributed by atoms with Crippen molar-refractivity contribution in [3.05, 3.63) is 33.7 Å². The number of aromatic nitrogens is 1. The van der Waals surface area contributed by atoms with Crippen LogP contribution in [0.1, 0.15) is 37.6 Å². The molecule has 1 fully saturated rings. The molecule has 0 bridgehead atoms. The predicted octanol–water partition coefficient (Wildman–Crippen LogP) is 1.32. The van der Waals surface area contributed by atoms with Crippen LogP contribution in [0.2, 0.25) is 0 Å². The van der Waals surface area contributed by atoms with E-state index in [0.29, 0.717) is 18.9 Å². The average molecular weight is 326 g/mol. The highest BCUT2D eigenvalue weighted by molar-refractivity contribution is 7.91. The summed E-state index contributed by atoms with van der Waals surface area (Å²) in [5.41, 5.74) is 2.13. The molecule has 1 aliphatic rings. The number of hydrogen-bond donors (Lipinski definition) is 0. The summed E-state index contributed by atoms with van der Waals surface area (Å²) in [5, 5.41) is -0.804. The Morgan fingerprint density at radius 1 is 1.45 bits per heavy atom. The highest BCUT2D eigenvalue weighted by Gasteiger charge is 2.22. The van der Waals surface area contributed by atoms with Crippen LogP contribution in [0.5, 0.6) is 0 Å². The van der Waals surface area contributed by atoms with Crippen LogP contribution < -0.4 is 5.56 Å². The van der Waals surface area contributed by atoms with E-state index in [1.54, 1.807) is 24.5 Å². The number of hydrogen-bond acceptors (Lipinski definition) is 5. The summed E-state index contributed by atoms with van der Waals surface area (Å²) in [4.78, 5) is 16.4. The van der Waals surface area contributed by atoms with Gasteiger partial charge in [0.1, 0.15) is 5.37 Å². The lowest BCUT2D eigenvalue weighted by Crippen LogP contribution is -2.28. The quantitative estimate of drug-likeness (QED) is 0.782. The van der Waals surface area contributed by atoms with Gasteiger partial charge in [-0.05, 0) is 33.3 Å². The first kappa shape index (κ1) is 16.9. The van der Waals surface area contributed by atoms with Crippen LogP contribution >= 0.6 is 0 Å². The van der Waals surface area contributed by atoms with Gasteiger partial charge in [0.25, 0.3) is 5.56 Å². The lowest BCUT2D eigenvalue weighted by atomic mass is 10.1. The van der Waals surface area contributed by atoms with Crippen molar-refractivity contribution in [3.8, 4) is 0 Å². The van der Waals surface area contributed by atoms with Crippen LogP contribution in [0.3, 0.4) is 0 Å².